The minimum absolute atomic E-state index is 0.124. The fraction of sp³-hybridized carbons (Fsp3) is 0.111. The van der Waals surface area contributed by atoms with Gasteiger partial charge in [0.25, 0.3) is 11.5 Å². The number of nitrogens with zero attached hydrogens (tertiary/aromatic N) is 1. The third-order valence-corrected chi connectivity index (χ3v) is 3.69. The molecule has 0 bridgehead atoms. The Hall–Kier alpha value is -2.88. The molecule has 3 rings (SSSR count). The van der Waals surface area contributed by atoms with Crippen LogP contribution in [0.2, 0.25) is 0 Å². The number of carbonyl (C=O) groups is 1. The Morgan fingerprint density at radius 2 is 1.82 bits per heavy atom. The zero-order chi connectivity index (χ0) is 15.5. The molecule has 0 aliphatic heterocycles. The van der Waals surface area contributed by atoms with Crippen LogP contribution in [0.4, 0.5) is 0 Å². The summed E-state index contributed by atoms with van der Waals surface area (Å²) in [5.41, 5.74) is 1.40. The highest BCUT2D eigenvalue weighted by atomic mass is 16.1. The summed E-state index contributed by atoms with van der Waals surface area (Å²) in [6, 6.07) is 17.0. The molecule has 0 fully saturated rings. The molecule has 0 atom stereocenters. The molecule has 4 heteroatoms. The van der Waals surface area contributed by atoms with Gasteiger partial charge in [-0.2, -0.15) is 0 Å². The standard InChI is InChI=1S/C18H16N2O2/c1-19-18(22)15-9-10-17(21)20(12-15)11-14-7-4-6-13-5-2-3-8-16(13)14/h2-10,12H,11H2,1H3,(H,19,22). The Morgan fingerprint density at radius 1 is 1.05 bits per heavy atom. The average Bonchev–Trinajstić information content (AvgIpc) is 2.56. The van der Waals surface area contributed by atoms with Gasteiger partial charge in [-0.1, -0.05) is 42.5 Å². The number of pyridine rings is 1. The molecule has 4 nitrogen and oxygen atoms in total. The number of rotatable bonds is 3. The van der Waals surface area contributed by atoms with Crippen LogP contribution in [-0.2, 0) is 6.54 Å². The lowest BCUT2D eigenvalue weighted by atomic mass is 10.0. The Morgan fingerprint density at radius 3 is 2.64 bits per heavy atom. The molecule has 0 aliphatic carbocycles. The molecule has 1 heterocycles. The van der Waals surface area contributed by atoms with Crippen LogP contribution in [0.3, 0.4) is 0 Å². The lowest BCUT2D eigenvalue weighted by Gasteiger charge is -2.10. The third kappa shape index (κ3) is 2.63. The monoisotopic (exact) mass is 292 g/mol. The molecule has 1 amide bonds. The second kappa shape index (κ2) is 5.85. The van der Waals surface area contributed by atoms with Crippen LogP contribution in [0.25, 0.3) is 10.8 Å². The van der Waals surface area contributed by atoms with Crippen molar-refractivity contribution in [2.45, 2.75) is 6.54 Å². The first-order valence-corrected chi connectivity index (χ1v) is 7.08. The predicted molar refractivity (Wildman–Crippen MR) is 87.1 cm³/mol. The lowest BCUT2D eigenvalue weighted by Crippen LogP contribution is -2.24. The molecule has 0 spiro atoms. The summed E-state index contributed by atoms with van der Waals surface area (Å²) in [5.74, 6) is -0.202. The Kier molecular flexibility index (Phi) is 3.74. The number of amides is 1. The van der Waals surface area contributed by atoms with E-state index in [1.807, 2.05) is 42.5 Å². The van der Waals surface area contributed by atoms with Crippen LogP contribution in [0, 0.1) is 0 Å². The van der Waals surface area contributed by atoms with Gasteiger partial charge in [-0.3, -0.25) is 9.59 Å². The highest BCUT2D eigenvalue weighted by Gasteiger charge is 2.07. The van der Waals surface area contributed by atoms with Crippen molar-refractivity contribution in [3.63, 3.8) is 0 Å². The van der Waals surface area contributed by atoms with E-state index in [1.54, 1.807) is 23.9 Å². The van der Waals surface area contributed by atoms with Gasteiger partial charge in [-0.15, -0.1) is 0 Å². The lowest BCUT2D eigenvalue weighted by molar-refractivity contribution is 0.0962. The van der Waals surface area contributed by atoms with Gasteiger partial charge in [0, 0.05) is 19.3 Å². The molecule has 1 aromatic heterocycles. The van der Waals surface area contributed by atoms with Gasteiger partial charge in [0.2, 0.25) is 0 Å². The van der Waals surface area contributed by atoms with Crippen LogP contribution in [0.1, 0.15) is 15.9 Å². The van der Waals surface area contributed by atoms with E-state index < -0.39 is 0 Å². The van der Waals surface area contributed by atoms with Gasteiger partial charge in [0.05, 0.1) is 12.1 Å². The summed E-state index contributed by atoms with van der Waals surface area (Å²) >= 11 is 0. The molecule has 1 N–H and O–H groups in total. The van der Waals surface area contributed by atoms with Gasteiger partial charge in [0.1, 0.15) is 0 Å². The number of hydrogen-bond donors (Lipinski definition) is 1. The number of benzene rings is 2. The highest BCUT2D eigenvalue weighted by Crippen LogP contribution is 2.19. The number of fused-ring (bicyclic) bond motifs is 1. The second-order valence-electron chi connectivity index (χ2n) is 5.10. The summed E-state index contributed by atoms with van der Waals surface area (Å²) < 4.78 is 1.56. The number of nitrogens with one attached hydrogen (secondary N) is 1. The minimum Gasteiger partial charge on any atom is -0.355 e. The summed E-state index contributed by atoms with van der Waals surface area (Å²) in [7, 11) is 1.57. The second-order valence-corrected chi connectivity index (χ2v) is 5.10. The van der Waals surface area contributed by atoms with Crippen molar-refractivity contribution in [1.82, 2.24) is 9.88 Å². The molecule has 0 saturated heterocycles. The molecule has 2 aromatic carbocycles. The molecule has 22 heavy (non-hydrogen) atoms. The molecule has 110 valence electrons. The van der Waals surface area contributed by atoms with Crippen molar-refractivity contribution < 1.29 is 4.79 Å². The van der Waals surface area contributed by atoms with Crippen molar-refractivity contribution in [3.05, 3.63) is 82.3 Å². The molecular weight excluding hydrogens is 276 g/mol. The fourth-order valence-electron chi connectivity index (χ4n) is 2.55. The van der Waals surface area contributed by atoms with Crippen LogP contribution in [0.15, 0.2) is 65.6 Å². The SMILES string of the molecule is CNC(=O)c1ccc(=O)n(Cc2cccc3ccccc23)c1. The van der Waals surface area contributed by atoms with Crippen LogP contribution in [-0.4, -0.2) is 17.5 Å². The average molecular weight is 292 g/mol. The van der Waals surface area contributed by atoms with Crippen molar-refractivity contribution in [3.8, 4) is 0 Å². The maximum atomic E-state index is 12.1. The van der Waals surface area contributed by atoms with E-state index in [0.29, 0.717) is 12.1 Å². The summed E-state index contributed by atoms with van der Waals surface area (Å²) in [6.07, 6.45) is 1.60. The van der Waals surface area contributed by atoms with E-state index in [-0.39, 0.29) is 11.5 Å². The summed E-state index contributed by atoms with van der Waals surface area (Å²) in [6.45, 7) is 0.436. The van der Waals surface area contributed by atoms with Gasteiger partial charge >= 0.3 is 0 Å². The number of aromatic nitrogens is 1. The first-order chi connectivity index (χ1) is 10.7. The molecule has 0 unspecified atom stereocenters. The quantitative estimate of drug-likeness (QED) is 0.806. The largest absolute Gasteiger partial charge is 0.355 e. The van der Waals surface area contributed by atoms with Crippen molar-refractivity contribution in [1.29, 1.82) is 0 Å². The maximum absolute atomic E-state index is 12.1. The van der Waals surface area contributed by atoms with Crippen LogP contribution in [0.5, 0.6) is 0 Å². The van der Waals surface area contributed by atoms with E-state index in [1.165, 1.54) is 6.07 Å². The van der Waals surface area contributed by atoms with Crippen molar-refractivity contribution >= 4 is 16.7 Å². The zero-order valence-electron chi connectivity index (χ0n) is 12.2. The fourth-order valence-corrected chi connectivity index (χ4v) is 2.55. The Labute approximate surface area is 128 Å². The molecular formula is C18H16N2O2. The van der Waals surface area contributed by atoms with Gasteiger partial charge < -0.3 is 9.88 Å². The normalized spacial score (nSPS) is 10.6. The predicted octanol–water partition coefficient (Wildman–Crippen LogP) is 2.41. The van der Waals surface area contributed by atoms with E-state index in [2.05, 4.69) is 5.32 Å². The number of hydrogen-bond acceptors (Lipinski definition) is 2. The van der Waals surface area contributed by atoms with Gasteiger partial charge in [0.15, 0.2) is 0 Å². The van der Waals surface area contributed by atoms with Crippen LogP contribution < -0.4 is 10.9 Å². The first kappa shape index (κ1) is 14.1. The smallest absolute Gasteiger partial charge is 0.252 e. The Balaban J connectivity index is 2.05. The van der Waals surface area contributed by atoms with E-state index >= 15 is 0 Å². The zero-order valence-corrected chi connectivity index (χ0v) is 12.2. The van der Waals surface area contributed by atoms with E-state index in [9.17, 15) is 9.59 Å². The van der Waals surface area contributed by atoms with Crippen molar-refractivity contribution in [2.75, 3.05) is 7.05 Å². The summed E-state index contributed by atoms with van der Waals surface area (Å²) in [5, 5.41) is 4.82. The Bertz CT molecular complexity index is 891. The molecule has 3 aromatic rings. The molecule has 0 aliphatic rings. The maximum Gasteiger partial charge on any atom is 0.252 e. The highest BCUT2D eigenvalue weighted by molar-refractivity contribution is 5.93. The van der Waals surface area contributed by atoms with Gasteiger partial charge in [-0.05, 0) is 22.4 Å². The van der Waals surface area contributed by atoms with Crippen molar-refractivity contribution in [2.24, 2.45) is 0 Å². The van der Waals surface area contributed by atoms with Gasteiger partial charge in [-0.25, -0.2) is 0 Å². The van der Waals surface area contributed by atoms with Crippen LogP contribution >= 0.6 is 0 Å². The third-order valence-electron chi connectivity index (χ3n) is 3.69. The number of carbonyl (C=O) groups excluding carboxylic acids is 1. The molecule has 0 saturated carbocycles. The molecule has 0 radical (unpaired) electrons. The topological polar surface area (TPSA) is 51.1 Å². The van der Waals surface area contributed by atoms with E-state index in [0.717, 1.165) is 16.3 Å². The summed E-state index contributed by atoms with van der Waals surface area (Å²) in [4.78, 5) is 23.8. The first-order valence-electron chi connectivity index (χ1n) is 7.08. The minimum atomic E-state index is -0.202. The van der Waals surface area contributed by atoms with E-state index in [4.69, 9.17) is 0 Å².